The quantitative estimate of drug-likeness (QED) is 0.369. The molecule has 3 heterocycles. The summed E-state index contributed by atoms with van der Waals surface area (Å²) >= 11 is 1.40. The normalized spacial score (nSPS) is 16.4. The Kier molecular flexibility index (Phi) is 8.29. The number of amidine groups is 1. The van der Waals surface area contributed by atoms with Gasteiger partial charge in [0.15, 0.2) is 5.17 Å². The highest BCUT2D eigenvalue weighted by molar-refractivity contribution is 8.16. The highest BCUT2D eigenvalue weighted by atomic mass is 32.2. The number of thioether (sulfide) groups is 1. The van der Waals surface area contributed by atoms with Crippen LogP contribution in [0, 0.1) is 0 Å². The Morgan fingerprint density at radius 3 is 2.62 bits per heavy atom. The molecule has 4 rings (SSSR count). The van der Waals surface area contributed by atoms with Crippen molar-refractivity contribution in [2.45, 2.75) is 25.9 Å². The lowest BCUT2D eigenvalue weighted by Gasteiger charge is -2.36. The van der Waals surface area contributed by atoms with Crippen LogP contribution in [0.5, 0.6) is 11.5 Å². The fraction of sp³-hybridized carbons (Fsp3) is 0.259. The van der Waals surface area contributed by atoms with Crippen molar-refractivity contribution < 1.29 is 23.8 Å². The van der Waals surface area contributed by atoms with Crippen LogP contribution in [-0.4, -0.2) is 47.8 Å². The molecule has 37 heavy (non-hydrogen) atoms. The summed E-state index contributed by atoms with van der Waals surface area (Å²) in [5, 5.41) is 5.49. The van der Waals surface area contributed by atoms with E-state index in [0.29, 0.717) is 40.2 Å². The summed E-state index contributed by atoms with van der Waals surface area (Å²) < 4.78 is 16.4. The Morgan fingerprint density at radius 1 is 1.22 bits per heavy atom. The highest BCUT2D eigenvalue weighted by Gasteiger charge is 2.41. The summed E-state index contributed by atoms with van der Waals surface area (Å²) in [6.07, 6.45) is 5.00. The number of nitrogens with one attached hydrogen (secondary N) is 1. The van der Waals surface area contributed by atoms with Crippen LogP contribution >= 0.6 is 11.8 Å². The minimum absolute atomic E-state index is 0.0640. The molecule has 1 N–H and O–H groups in total. The van der Waals surface area contributed by atoms with Crippen molar-refractivity contribution >= 4 is 28.8 Å². The molecule has 0 saturated carbocycles. The molecule has 1 unspecified atom stereocenters. The lowest BCUT2D eigenvalue weighted by atomic mass is 9.93. The van der Waals surface area contributed by atoms with Crippen LogP contribution in [0.3, 0.4) is 0 Å². The zero-order valence-corrected chi connectivity index (χ0v) is 21.7. The Labute approximate surface area is 219 Å². The summed E-state index contributed by atoms with van der Waals surface area (Å²) in [6.45, 7) is 5.84. The Balaban J connectivity index is 1.68. The first kappa shape index (κ1) is 26.0. The third-order valence-corrected chi connectivity index (χ3v) is 6.69. The second-order valence-electron chi connectivity index (χ2n) is 8.24. The first-order valence-electron chi connectivity index (χ1n) is 11.6. The number of fused-ring (bicyclic) bond motifs is 1. The molecule has 0 aliphatic carbocycles. The first-order valence-corrected chi connectivity index (χ1v) is 12.4. The maximum atomic E-state index is 13.2. The smallest absolute Gasteiger partial charge is 0.338 e. The Morgan fingerprint density at radius 2 is 1.97 bits per heavy atom. The van der Waals surface area contributed by atoms with E-state index in [1.807, 2.05) is 34.6 Å². The SMILES string of the molecule is C=CCOC(=O)C1=C(C)N=C2SC=C(CC(=O)NCc3cccnc3)N2C1c1cc(OC)cc(OC)c1. The summed E-state index contributed by atoms with van der Waals surface area (Å²) in [4.78, 5) is 36.8. The monoisotopic (exact) mass is 520 g/mol. The molecular formula is C27H28N4O5S. The number of rotatable bonds is 10. The number of aliphatic imine (C=N–C) groups is 1. The topological polar surface area (TPSA) is 102 Å². The number of amides is 1. The number of allylic oxidation sites excluding steroid dienone is 1. The van der Waals surface area contributed by atoms with Crippen molar-refractivity contribution in [1.29, 1.82) is 0 Å². The highest BCUT2D eigenvalue weighted by Crippen LogP contribution is 2.46. The van der Waals surface area contributed by atoms with Gasteiger partial charge in [-0.3, -0.25) is 9.78 Å². The second kappa shape index (κ2) is 11.8. The maximum absolute atomic E-state index is 13.2. The van der Waals surface area contributed by atoms with Gasteiger partial charge < -0.3 is 24.4 Å². The number of ether oxygens (including phenoxy) is 3. The molecular weight excluding hydrogens is 492 g/mol. The molecule has 1 amide bonds. The van der Waals surface area contributed by atoms with E-state index in [1.54, 1.807) is 39.6 Å². The van der Waals surface area contributed by atoms with E-state index in [2.05, 4.69) is 21.9 Å². The molecule has 0 fully saturated rings. The average Bonchev–Trinajstić information content (AvgIpc) is 3.31. The fourth-order valence-corrected chi connectivity index (χ4v) is 5.04. The van der Waals surface area contributed by atoms with Gasteiger partial charge in [-0.25, -0.2) is 9.79 Å². The van der Waals surface area contributed by atoms with Crippen molar-refractivity contribution in [3.05, 3.63) is 88.9 Å². The van der Waals surface area contributed by atoms with Gasteiger partial charge in [-0.05, 0) is 41.7 Å². The molecule has 2 aliphatic rings. The zero-order chi connectivity index (χ0) is 26.4. The summed E-state index contributed by atoms with van der Waals surface area (Å²) in [5.41, 5.74) is 3.25. The van der Waals surface area contributed by atoms with Crippen LogP contribution in [0.1, 0.15) is 30.5 Å². The maximum Gasteiger partial charge on any atom is 0.338 e. The molecule has 1 aromatic carbocycles. The van der Waals surface area contributed by atoms with E-state index < -0.39 is 12.0 Å². The Bertz CT molecular complexity index is 1270. The number of pyridine rings is 1. The summed E-state index contributed by atoms with van der Waals surface area (Å²) in [6, 6.07) is 8.55. The van der Waals surface area contributed by atoms with Gasteiger partial charge in [-0.15, -0.1) is 0 Å². The van der Waals surface area contributed by atoms with Gasteiger partial charge in [-0.2, -0.15) is 0 Å². The van der Waals surface area contributed by atoms with Gasteiger partial charge in [0, 0.05) is 30.7 Å². The van der Waals surface area contributed by atoms with E-state index in [-0.39, 0.29) is 18.9 Å². The molecule has 0 saturated heterocycles. The molecule has 9 nitrogen and oxygen atoms in total. The van der Waals surface area contributed by atoms with Crippen LogP contribution in [0.4, 0.5) is 0 Å². The standard InChI is InChI=1S/C27H28N4O5S/c1-5-9-36-26(33)24-17(2)30-27-31(25(24)19-10-21(34-3)13-22(11-19)35-4)20(16-37-27)12-23(32)29-15-18-7-6-8-28-14-18/h5-8,10-11,13-14,16,25H,1,9,12,15H2,2-4H3,(H,29,32). The van der Waals surface area contributed by atoms with Gasteiger partial charge in [-0.1, -0.05) is 30.5 Å². The van der Waals surface area contributed by atoms with Gasteiger partial charge in [0.1, 0.15) is 18.1 Å². The minimum atomic E-state index is -0.610. The van der Waals surface area contributed by atoms with Gasteiger partial charge in [0.05, 0.1) is 38.0 Å². The molecule has 1 aromatic heterocycles. The number of carbonyl (C=O) groups is 2. The van der Waals surface area contributed by atoms with E-state index in [4.69, 9.17) is 14.2 Å². The fourth-order valence-electron chi connectivity index (χ4n) is 4.08. The van der Waals surface area contributed by atoms with E-state index in [0.717, 1.165) is 11.1 Å². The molecule has 0 radical (unpaired) electrons. The van der Waals surface area contributed by atoms with Crippen LogP contribution in [0.25, 0.3) is 0 Å². The third-order valence-electron chi connectivity index (χ3n) is 5.80. The van der Waals surface area contributed by atoms with Crippen molar-refractivity contribution in [3.8, 4) is 11.5 Å². The van der Waals surface area contributed by atoms with E-state index >= 15 is 0 Å². The lowest BCUT2D eigenvalue weighted by Crippen LogP contribution is -2.38. The second-order valence-corrected chi connectivity index (χ2v) is 9.08. The van der Waals surface area contributed by atoms with Crippen LogP contribution < -0.4 is 14.8 Å². The number of methoxy groups -OCH3 is 2. The number of hydrogen-bond acceptors (Lipinski definition) is 9. The predicted octanol–water partition coefficient (Wildman–Crippen LogP) is 4.11. The van der Waals surface area contributed by atoms with Gasteiger partial charge in [0.2, 0.25) is 5.91 Å². The molecule has 2 aromatic rings. The number of benzene rings is 1. The molecule has 0 bridgehead atoms. The largest absolute Gasteiger partial charge is 0.497 e. The molecule has 2 aliphatic heterocycles. The number of carbonyl (C=O) groups excluding carboxylic acids is 2. The lowest BCUT2D eigenvalue weighted by molar-refractivity contribution is -0.138. The van der Waals surface area contributed by atoms with Gasteiger partial charge >= 0.3 is 5.97 Å². The number of hydrogen-bond donors (Lipinski definition) is 1. The molecule has 0 spiro atoms. The van der Waals surface area contributed by atoms with Crippen molar-refractivity contribution in [1.82, 2.24) is 15.2 Å². The van der Waals surface area contributed by atoms with Crippen molar-refractivity contribution in [2.24, 2.45) is 4.99 Å². The summed E-state index contributed by atoms with van der Waals surface area (Å²) in [7, 11) is 3.13. The third kappa shape index (κ3) is 5.86. The summed E-state index contributed by atoms with van der Waals surface area (Å²) in [5.74, 6) is 0.466. The number of aromatic nitrogens is 1. The van der Waals surface area contributed by atoms with Crippen LogP contribution in [0.2, 0.25) is 0 Å². The zero-order valence-electron chi connectivity index (χ0n) is 20.9. The minimum Gasteiger partial charge on any atom is -0.497 e. The number of nitrogens with zero attached hydrogens (tertiary/aromatic N) is 3. The number of esters is 1. The molecule has 10 heteroatoms. The van der Waals surface area contributed by atoms with Crippen LogP contribution in [0.15, 0.2) is 82.7 Å². The van der Waals surface area contributed by atoms with E-state index in [9.17, 15) is 9.59 Å². The Hall–Kier alpha value is -4.05. The van der Waals surface area contributed by atoms with Crippen molar-refractivity contribution in [3.63, 3.8) is 0 Å². The predicted molar refractivity (Wildman–Crippen MR) is 142 cm³/mol. The van der Waals surface area contributed by atoms with Gasteiger partial charge in [0.25, 0.3) is 0 Å². The average molecular weight is 521 g/mol. The molecule has 1 atom stereocenters. The first-order chi connectivity index (χ1) is 17.9. The van der Waals surface area contributed by atoms with Crippen LogP contribution in [-0.2, 0) is 20.9 Å². The molecule has 192 valence electrons. The van der Waals surface area contributed by atoms with Crippen molar-refractivity contribution in [2.75, 3.05) is 20.8 Å². The van der Waals surface area contributed by atoms with E-state index in [1.165, 1.54) is 17.8 Å².